The number of hydrogen-bond donors (Lipinski definition) is 1. The molecule has 1 aromatic carbocycles. The predicted molar refractivity (Wildman–Crippen MR) is 62.2 cm³/mol. The molecule has 0 saturated heterocycles. The minimum absolute atomic E-state index is 0.334. The molecule has 0 amide bonds. The summed E-state index contributed by atoms with van der Waals surface area (Å²) < 4.78 is 24.4. The molecule has 84 valence electrons. The van der Waals surface area contributed by atoms with Gasteiger partial charge in [-0.05, 0) is 32.0 Å². The van der Waals surface area contributed by atoms with Crippen LogP contribution in [0.3, 0.4) is 0 Å². The standard InChI is InChI=1S/C12H13NO2S/c1-9-3-5-11(6-4-9)16(14,15)12-7-8-13-10(12)2/h3-8,13H,1-2H3. The lowest BCUT2D eigenvalue weighted by Crippen LogP contribution is -2.02. The molecule has 0 saturated carbocycles. The lowest BCUT2D eigenvalue weighted by atomic mass is 10.2. The van der Waals surface area contributed by atoms with Crippen molar-refractivity contribution in [3.8, 4) is 0 Å². The third kappa shape index (κ3) is 1.76. The normalized spacial score (nSPS) is 11.6. The van der Waals surface area contributed by atoms with Crippen molar-refractivity contribution in [1.82, 2.24) is 4.98 Å². The number of aromatic nitrogens is 1. The summed E-state index contributed by atoms with van der Waals surface area (Å²) >= 11 is 0. The highest BCUT2D eigenvalue weighted by atomic mass is 32.2. The molecule has 0 aliphatic carbocycles. The molecule has 1 aromatic heterocycles. The van der Waals surface area contributed by atoms with Gasteiger partial charge in [-0.15, -0.1) is 0 Å². The molecule has 0 fully saturated rings. The highest BCUT2D eigenvalue weighted by Crippen LogP contribution is 2.23. The van der Waals surface area contributed by atoms with Crippen molar-refractivity contribution in [2.45, 2.75) is 23.6 Å². The third-order valence-electron chi connectivity index (χ3n) is 2.52. The lowest BCUT2D eigenvalue weighted by molar-refractivity contribution is 0.595. The molecule has 4 heteroatoms. The van der Waals surface area contributed by atoms with Gasteiger partial charge in [-0.25, -0.2) is 8.42 Å². The van der Waals surface area contributed by atoms with Crippen molar-refractivity contribution < 1.29 is 8.42 Å². The van der Waals surface area contributed by atoms with Gasteiger partial charge in [0.2, 0.25) is 9.84 Å². The number of rotatable bonds is 2. The van der Waals surface area contributed by atoms with Gasteiger partial charge in [0.15, 0.2) is 0 Å². The molecule has 2 rings (SSSR count). The molecule has 2 aromatic rings. The Morgan fingerprint density at radius 2 is 1.62 bits per heavy atom. The molecular formula is C12H13NO2S. The van der Waals surface area contributed by atoms with Crippen LogP contribution in [-0.2, 0) is 9.84 Å². The van der Waals surface area contributed by atoms with Crippen LogP contribution < -0.4 is 0 Å². The Bertz CT molecular complexity index is 594. The second kappa shape index (κ2) is 3.79. The van der Waals surface area contributed by atoms with E-state index in [0.29, 0.717) is 15.5 Å². The zero-order valence-corrected chi connectivity index (χ0v) is 10.0. The second-order valence-electron chi connectivity index (χ2n) is 3.78. The van der Waals surface area contributed by atoms with Gasteiger partial charge < -0.3 is 4.98 Å². The Balaban J connectivity index is 2.56. The molecule has 0 bridgehead atoms. The van der Waals surface area contributed by atoms with Crippen molar-refractivity contribution in [2.24, 2.45) is 0 Å². The van der Waals surface area contributed by atoms with E-state index in [1.807, 2.05) is 6.92 Å². The molecule has 0 radical (unpaired) electrons. The highest BCUT2D eigenvalue weighted by Gasteiger charge is 2.19. The summed E-state index contributed by atoms with van der Waals surface area (Å²) in [6.45, 7) is 3.68. The van der Waals surface area contributed by atoms with Crippen LogP contribution in [-0.4, -0.2) is 13.4 Å². The van der Waals surface area contributed by atoms with E-state index in [0.717, 1.165) is 5.56 Å². The Hall–Kier alpha value is -1.55. The van der Waals surface area contributed by atoms with Gasteiger partial charge >= 0.3 is 0 Å². The number of aryl methyl sites for hydroxylation is 2. The van der Waals surface area contributed by atoms with Gasteiger partial charge in [-0.2, -0.15) is 0 Å². The van der Waals surface area contributed by atoms with E-state index < -0.39 is 9.84 Å². The van der Waals surface area contributed by atoms with Crippen LogP contribution in [0.5, 0.6) is 0 Å². The first-order valence-corrected chi connectivity index (χ1v) is 6.46. The van der Waals surface area contributed by atoms with Crippen molar-refractivity contribution in [1.29, 1.82) is 0 Å². The van der Waals surface area contributed by atoms with Crippen LogP contribution in [0.15, 0.2) is 46.3 Å². The number of benzene rings is 1. The van der Waals surface area contributed by atoms with Crippen LogP contribution >= 0.6 is 0 Å². The molecule has 1 heterocycles. The van der Waals surface area contributed by atoms with E-state index in [1.165, 1.54) is 0 Å². The fourth-order valence-electron chi connectivity index (χ4n) is 1.57. The van der Waals surface area contributed by atoms with Crippen molar-refractivity contribution in [3.63, 3.8) is 0 Å². The fraction of sp³-hybridized carbons (Fsp3) is 0.167. The third-order valence-corrected chi connectivity index (χ3v) is 4.44. The first-order chi connectivity index (χ1) is 7.51. The second-order valence-corrected chi connectivity index (χ2v) is 5.70. The van der Waals surface area contributed by atoms with E-state index in [-0.39, 0.29) is 0 Å². The smallest absolute Gasteiger partial charge is 0.208 e. The minimum Gasteiger partial charge on any atom is -0.364 e. The van der Waals surface area contributed by atoms with Gasteiger partial charge in [0.25, 0.3) is 0 Å². The topological polar surface area (TPSA) is 49.9 Å². The van der Waals surface area contributed by atoms with Crippen LogP contribution in [0.1, 0.15) is 11.3 Å². The maximum Gasteiger partial charge on any atom is 0.208 e. The number of nitrogens with one attached hydrogen (secondary N) is 1. The average Bonchev–Trinajstić information content (AvgIpc) is 2.66. The van der Waals surface area contributed by atoms with E-state index in [2.05, 4.69) is 4.98 Å². The molecule has 0 unspecified atom stereocenters. The van der Waals surface area contributed by atoms with Gasteiger partial charge in [0.05, 0.1) is 9.79 Å². The van der Waals surface area contributed by atoms with E-state index in [4.69, 9.17) is 0 Å². The maximum atomic E-state index is 12.2. The Labute approximate surface area is 95.1 Å². The molecule has 0 aliphatic rings. The van der Waals surface area contributed by atoms with E-state index in [1.54, 1.807) is 43.5 Å². The van der Waals surface area contributed by atoms with E-state index >= 15 is 0 Å². The highest BCUT2D eigenvalue weighted by molar-refractivity contribution is 7.91. The van der Waals surface area contributed by atoms with Gasteiger partial charge in [0.1, 0.15) is 0 Å². The minimum atomic E-state index is -3.37. The van der Waals surface area contributed by atoms with Crippen molar-refractivity contribution in [3.05, 3.63) is 47.8 Å². The van der Waals surface area contributed by atoms with Crippen molar-refractivity contribution in [2.75, 3.05) is 0 Å². The summed E-state index contributed by atoms with van der Waals surface area (Å²) in [6, 6.07) is 8.46. The molecule has 3 nitrogen and oxygen atoms in total. The van der Waals surface area contributed by atoms with Crippen molar-refractivity contribution >= 4 is 9.84 Å². The van der Waals surface area contributed by atoms with Gasteiger partial charge in [0, 0.05) is 11.9 Å². The number of hydrogen-bond acceptors (Lipinski definition) is 2. The lowest BCUT2D eigenvalue weighted by Gasteiger charge is -2.03. The zero-order chi connectivity index (χ0) is 11.8. The number of H-pyrrole nitrogens is 1. The predicted octanol–water partition coefficient (Wildman–Crippen LogP) is 2.46. The summed E-state index contributed by atoms with van der Waals surface area (Å²) in [5.74, 6) is 0. The Morgan fingerprint density at radius 1 is 1.00 bits per heavy atom. The molecule has 0 atom stereocenters. The monoisotopic (exact) mass is 235 g/mol. The molecule has 0 aliphatic heterocycles. The largest absolute Gasteiger partial charge is 0.364 e. The van der Waals surface area contributed by atoms with Crippen LogP contribution in [0.2, 0.25) is 0 Å². The number of sulfone groups is 1. The summed E-state index contributed by atoms with van der Waals surface area (Å²) in [6.07, 6.45) is 1.64. The Kier molecular flexibility index (Phi) is 2.59. The molecule has 0 spiro atoms. The first-order valence-electron chi connectivity index (χ1n) is 4.97. The van der Waals surface area contributed by atoms with Crippen LogP contribution in [0.25, 0.3) is 0 Å². The average molecular weight is 235 g/mol. The zero-order valence-electron chi connectivity index (χ0n) is 9.19. The number of aromatic amines is 1. The summed E-state index contributed by atoms with van der Waals surface area (Å²) in [5, 5.41) is 0. The summed E-state index contributed by atoms with van der Waals surface area (Å²) in [4.78, 5) is 3.55. The maximum absolute atomic E-state index is 12.2. The quantitative estimate of drug-likeness (QED) is 0.869. The first kappa shape index (κ1) is 11.0. The van der Waals surface area contributed by atoms with E-state index in [9.17, 15) is 8.42 Å². The Morgan fingerprint density at radius 3 is 2.12 bits per heavy atom. The summed E-state index contributed by atoms with van der Waals surface area (Å²) in [7, 11) is -3.37. The SMILES string of the molecule is Cc1ccc(S(=O)(=O)c2cc[nH]c2C)cc1. The van der Waals surface area contributed by atoms with Gasteiger partial charge in [-0.3, -0.25) is 0 Å². The molecular weight excluding hydrogens is 222 g/mol. The van der Waals surface area contributed by atoms with Crippen LogP contribution in [0, 0.1) is 13.8 Å². The molecule has 16 heavy (non-hydrogen) atoms. The van der Waals surface area contributed by atoms with Gasteiger partial charge in [-0.1, -0.05) is 17.7 Å². The summed E-state index contributed by atoms with van der Waals surface area (Å²) in [5.41, 5.74) is 1.71. The fourth-order valence-corrected chi connectivity index (χ4v) is 3.03. The van der Waals surface area contributed by atoms with Crippen LogP contribution in [0.4, 0.5) is 0 Å². The molecule has 1 N–H and O–H groups in total.